The van der Waals surface area contributed by atoms with Gasteiger partial charge in [0, 0.05) is 12.6 Å². The van der Waals surface area contributed by atoms with Gasteiger partial charge >= 0.3 is 0 Å². The maximum atomic E-state index is 5.67. The van der Waals surface area contributed by atoms with Crippen LogP contribution in [0.15, 0.2) is 30.3 Å². The zero-order valence-electron chi connectivity index (χ0n) is 12.3. The van der Waals surface area contributed by atoms with E-state index in [1.807, 2.05) is 37.3 Å². The first-order valence-electron chi connectivity index (χ1n) is 6.33. The average molecular weight is 310 g/mol. The van der Waals surface area contributed by atoms with E-state index in [9.17, 15) is 0 Å². The Labute approximate surface area is 130 Å². The molecule has 0 aliphatic carbocycles. The van der Waals surface area contributed by atoms with E-state index in [-0.39, 0.29) is 12.4 Å². The van der Waals surface area contributed by atoms with Crippen LogP contribution < -0.4 is 20.5 Å². The van der Waals surface area contributed by atoms with Crippen LogP contribution in [0, 0.1) is 6.92 Å². The second kappa shape index (κ2) is 7.71. The van der Waals surface area contributed by atoms with Gasteiger partial charge in [-0.25, -0.2) is 0 Å². The van der Waals surface area contributed by atoms with Gasteiger partial charge in [-0.3, -0.25) is 0 Å². The maximum absolute atomic E-state index is 5.67. The lowest BCUT2D eigenvalue weighted by Gasteiger charge is -2.14. The predicted octanol–water partition coefficient (Wildman–Crippen LogP) is 3.03. The molecule has 0 saturated heterocycles. The van der Waals surface area contributed by atoms with Crippen molar-refractivity contribution in [2.24, 2.45) is 5.73 Å². The molecular formula is C15H20ClN3O2. The summed E-state index contributed by atoms with van der Waals surface area (Å²) in [5.41, 5.74) is 8.55. The van der Waals surface area contributed by atoms with Gasteiger partial charge in [-0.15, -0.1) is 12.4 Å². The molecule has 0 bridgehead atoms. The minimum absolute atomic E-state index is 0. The van der Waals surface area contributed by atoms with E-state index in [1.54, 1.807) is 14.2 Å². The molecule has 0 amide bonds. The maximum Gasteiger partial charge on any atom is 0.214 e. The van der Waals surface area contributed by atoms with Crippen LogP contribution in [0.3, 0.4) is 0 Å². The number of aromatic nitrogens is 1. The van der Waals surface area contributed by atoms with Crippen LogP contribution in [-0.2, 0) is 6.54 Å². The van der Waals surface area contributed by atoms with Crippen LogP contribution in [0.4, 0.5) is 11.5 Å². The van der Waals surface area contributed by atoms with Gasteiger partial charge in [0.25, 0.3) is 0 Å². The third kappa shape index (κ3) is 4.00. The lowest BCUT2D eigenvalue weighted by Crippen LogP contribution is -2.02. The number of pyridine rings is 1. The lowest BCUT2D eigenvalue weighted by atomic mass is 10.1. The smallest absolute Gasteiger partial charge is 0.214 e. The van der Waals surface area contributed by atoms with Gasteiger partial charge in [-0.1, -0.05) is 12.1 Å². The summed E-state index contributed by atoms with van der Waals surface area (Å²) in [5, 5.41) is 3.27. The first-order valence-corrected chi connectivity index (χ1v) is 6.33. The molecule has 2 rings (SSSR count). The second-order valence-corrected chi connectivity index (χ2v) is 4.38. The number of anilines is 2. The van der Waals surface area contributed by atoms with Crippen LogP contribution >= 0.6 is 12.4 Å². The van der Waals surface area contributed by atoms with Crippen molar-refractivity contribution in [3.63, 3.8) is 0 Å². The highest BCUT2D eigenvalue weighted by atomic mass is 35.5. The minimum Gasteiger partial charge on any atom is -0.495 e. The highest BCUT2D eigenvalue weighted by Gasteiger charge is 2.08. The Kier molecular flexibility index (Phi) is 6.27. The number of nitrogens with zero attached hydrogens (tertiary/aromatic N) is 1. The van der Waals surface area contributed by atoms with Crippen molar-refractivity contribution in [2.45, 2.75) is 13.5 Å². The van der Waals surface area contributed by atoms with Crippen molar-refractivity contribution in [3.05, 3.63) is 41.5 Å². The van der Waals surface area contributed by atoms with Crippen LogP contribution in [0.2, 0.25) is 0 Å². The van der Waals surface area contributed by atoms with Crippen LogP contribution in [0.25, 0.3) is 0 Å². The highest BCUT2D eigenvalue weighted by Crippen LogP contribution is 2.29. The van der Waals surface area contributed by atoms with Crippen molar-refractivity contribution in [1.82, 2.24) is 4.98 Å². The van der Waals surface area contributed by atoms with Crippen molar-refractivity contribution in [3.8, 4) is 11.6 Å². The molecule has 0 fully saturated rings. The van der Waals surface area contributed by atoms with Gasteiger partial charge in [-0.2, -0.15) is 4.98 Å². The number of halogens is 1. The zero-order chi connectivity index (χ0) is 14.5. The molecule has 0 atom stereocenters. The predicted molar refractivity (Wildman–Crippen MR) is 86.9 cm³/mol. The first-order chi connectivity index (χ1) is 9.67. The fraction of sp³-hybridized carbons (Fsp3) is 0.267. The summed E-state index contributed by atoms with van der Waals surface area (Å²) in [6.45, 7) is 2.46. The van der Waals surface area contributed by atoms with Gasteiger partial charge in [0.05, 0.1) is 19.9 Å². The van der Waals surface area contributed by atoms with Crippen LogP contribution in [-0.4, -0.2) is 19.2 Å². The number of nitrogens with one attached hydrogen (secondary N) is 1. The topological polar surface area (TPSA) is 69.4 Å². The number of hydrogen-bond donors (Lipinski definition) is 2. The van der Waals surface area contributed by atoms with E-state index in [2.05, 4.69) is 10.3 Å². The Morgan fingerprint density at radius 2 is 1.90 bits per heavy atom. The largest absolute Gasteiger partial charge is 0.495 e. The lowest BCUT2D eigenvalue weighted by molar-refractivity contribution is 0.398. The molecule has 0 unspecified atom stereocenters. The van der Waals surface area contributed by atoms with Crippen molar-refractivity contribution < 1.29 is 9.47 Å². The summed E-state index contributed by atoms with van der Waals surface area (Å²) in [6.07, 6.45) is 0. The third-order valence-electron chi connectivity index (χ3n) is 3.03. The molecule has 1 aromatic carbocycles. The van der Waals surface area contributed by atoms with Gasteiger partial charge in [-0.05, 0) is 30.2 Å². The van der Waals surface area contributed by atoms with Gasteiger partial charge in [0.15, 0.2) is 0 Å². The molecule has 5 nitrogen and oxygen atoms in total. The summed E-state index contributed by atoms with van der Waals surface area (Å²) >= 11 is 0. The average Bonchev–Trinajstić information content (AvgIpc) is 2.49. The number of methoxy groups -OCH3 is 2. The third-order valence-corrected chi connectivity index (χ3v) is 3.03. The van der Waals surface area contributed by atoms with E-state index >= 15 is 0 Å². The van der Waals surface area contributed by atoms with Crippen molar-refractivity contribution in [1.29, 1.82) is 0 Å². The standard InChI is InChI=1S/C15H19N3O2.ClH/c1-10-4-7-14(20-3)18-15(10)17-12-8-11(9-16)5-6-13(12)19-2;/h4-8H,9,16H2,1-3H3,(H,17,18);1H. The van der Waals surface area contributed by atoms with Gasteiger partial charge in [0.2, 0.25) is 5.88 Å². The molecule has 114 valence electrons. The van der Waals surface area contributed by atoms with Crippen LogP contribution in [0.1, 0.15) is 11.1 Å². The number of aryl methyl sites for hydroxylation is 1. The minimum atomic E-state index is 0. The fourth-order valence-corrected chi connectivity index (χ4v) is 1.86. The van der Waals surface area contributed by atoms with E-state index in [0.717, 1.165) is 28.4 Å². The quantitative estimate of drug-likeness (QED) is 0.888. The summed E-state index contributed by atoms with van der Waals surface area (Å²) in [4.78, 5) is 4.40. The normalized spacial score (nSPS) is 9.71. The summed E-state index contributed by atoms with van der Waals surface area (Å²) in [5.74, 6) is 2.04. The molecule has 0 spiro atoms. The summed E-state index contributed by atoms with van der Waals surface area (Å²) < 4.78 is 10.5. The number of hydrogen-bond acceptors (Lipinski definition) is 5. The highest BCUT2D eigenvalue weighted by molar-refractivity contribution is 5.85. The molecule has 0 saturated carbocycles. The van der Waals surface area contributed by atoms with E-state index in [4.69, 9.17) is 15.2 Å². The van der Waals surface area contributed by atoms with Gasteiger partial charge in [0.1, 0.15) is 11.6 Å². The Bertz CT molecular complexity index is 605. The molecule has 3 N–H and O–H groups in total. The summed E-state index contributed by atoms with van der Waals surface area (Å²) in [7, 11) is 3.23. The second-order valence-electron chi connectivity index (χ2n) is 4.38. The Morgan fingerprint density at radius 3 is 2.52 bits per heavy atom. The SMILES string of the molecule is COc1ccc(C)c(Nc2cc(CN)ccc2OC)n1.Cl. The molecule has 0 aliphatic rings. The monoisotopic (exact) mass is 309 g/mol. The zero-order valence-corrected chi connectivity index (χ0v) is 13.2. The number of benzene rings is 1. The van der Waals surface area contributed by atoms with Gasteiger partial charge < -0.3 is 20.5 Å². The molecule has 0 radical (unpaired) electrons. The van der Waals surface area contributed by atoms with E-state index in [0.29, 0.717) is 12.4 Å². The molecule has 6 heteroatoms. The summed E-state index contributed by atoms with van der Waals surface area (Å²) in [6, 6.07) is 9.57. The number of rotatable bonds is 5. The molecular weight excluding hydrogens is 290 g/mol. The Morgan fingerprint density at radius 1 is 1.14 bits per heavy atom. The number of ether oxygens (including phenoxy) is 2. The fourth-order valence-electron chi connectivity index (χ4n) is 1.86. The van der Waals surface area contributed by atoms with E-state index < -0.39 is 0 Å². The number of nitrogens with two attached hydrogens (primary N) is 1. The van der Waals surface area contributed by atoms with Crippen molar-refractivity contribution in [2.75, 3.05) is 19.5 Å². The molecule has 21 heavy (non-hydrogen) atoms. The molecule has 2 aromatic rings. The first kappa shape index (κ1) is 17.1. The Balaban J connectivity index is 0.00000220. The molecule has 1 aromatic heterocycles. The molecule has 0 aliphatic heterocycles. The van der Waals surface area contributed by atoms with Crippen LogP contribution in [0.5, 0.6) is 11.6 Å². The van der Waals surface area contributed by atoms with E-state index in [1.165, 1.54) is 0 Å². The Hall–Kier alpha value is -1.98. The molecule has 1 heterocycles. The van der Waals surface area contributed by atoms with Crippen molar-refractivity contribution >= 4 is 23.9 Å².